The Morgan fingerprint density at radius 1 is 1.32 bits per heavy atom. The second-order valence-electron chi connectivity index (χ2n) is 6.13. The molecule has 0 spiro atoms. The second kappa shape index (κ2) is 6.22. The summed E-state index contributed by atoms with van der Waals surface area (Å²) in [6.45, 7) is 10.0. The van der Waals surface area contributed by atoms with Gasteiger partial charge in [0.2, 0.25) is 0 Å². The third kappa shape index (κ3) is 3.16. The standard InChI is InChI=1S/C15H22BNO4S/c1-7-22-11-8-10(9-17-12(11)13(18)19-6)16-20-14(2,3)15(4,5)21-16/h8-9H,7H2,1-6H3. The van der Waals surface area contributed by atoms with E-state index in [4.69, 9.17) is 14.0 Å². The Morgan fingerprint density at radius 3 is 2.41 bits per heavy atom. The molecule has 22 heavy (non-hydrogen) atoms. The Bertz CT molecular complexity index is 561. The minimum atomic E-state index is -0.486. The van der Waals surface area contributed by atoms with Crippen molar-refractivity contribution in [2.24, 2.45) is 0 Å². The maximum atomic E-state index is 11.8. The predicted octanol–water partition coefficient (Wildman–Crippen LogP) is 2.28. The van der Waals surface area contributed by atoms with E-state index < -0.39 is 24.3 Å². The third-order valence-electron chi connectivity index (χ3n) is 4.08. The van der Waals surface area contributed by atoms with Crippen molar-refractivity contribution in [3.63, 3.8) is 0 Å². The van der Waals surface area contributed by atoms with Gasteiger partial charge in [0.25, 0.3) is 0 Å². The normalized spacial score (nSPS) is 19.3. The van der Waals surface area contributed by atoms with Crippen molar-refractivity contribution in [3.05, 3.63) is 18.0 Å². The van der Waals surface area contributed by atoms with Crippen LogP contribution in [0.4, 0.5) is 0 Å². The summed E-state index contributed by atoms with van der Waals surface area (Å²) < 4.78 is 16.8. The van der Waals surface area contributed by atoms with Gasteiger partial charge in [-0.15, -0.1) is 11.8 Å². The molecule has 1 saturated heterocycles. The number of ether oxygens (including phenoxy) is 1. The van der Waals surface area contributed by atoms with Crippen LogP contribution in [0.15, 0.2) is 17.2 Å². The lowest BCUT2D eigenvalue weighted by Crippen LogP contribution is -2.41. The molecule has 7 heteroatoms. The maximum Gasteiger partial charge on any atom is 0.496 e. The number of pyridine rings is 1. The minimum Gasteiger partial charge on any atom is -0.464 e. The van der Waals surface area contributed by atoms with Gasteiger partial charge in [-0.3, -0.25) is 0 Å². The van der Waals surface area contributed by atoms with Crippen LogP contribution in [0.25, 0.3) is 0 Å². The van der Waals surface area contributed by atoms with Gasteiger partial charge in [0.15, 0.2) is 5.69 Å². The maximum absolute atomic E-state index is 11.8. The number of carbonyl (C=O) groups is 1. The van der Waals surface area contributed by atoms with E-state index in [2.05, 4.69) is 4.98 Å². The van der Waals surface area contributed by atoms with Crippen molar-refractivity contribution < 1.29 is 18.8 Å². The number of esters is 1. The molecule has 0 atom stereocenters. The van der Waals surface area contributed by atoms with Crippen LogP contribution in [0.1, 0.15) is 45.1 Å². The summed E-state index contributed by atoms with van der Waals surface area (Å²) in [6.07, 6.45) is 1.62. The number of hydrogen-bond donors (Lipinski definition) is 0. The molecule has 0 saturated carbocycles. The highest BCUT2D eigenvalue weighted by molar-refractivity contribution is 7.99. The van der Waals surface area contributed by atoms with Crippen LogP contribution < -0.4 is 5.46 Å². The molecule has 0 N–H and O–H groups in total. The van der Waals surface area contributed by atoms with Crippen molar-refractivity contribution in [1.29, 1.82) is 0 Å². The molecule has 120 valence electrons. The van der Waals surface area contributed by atoms with E-state index in [1.165, 1.54) is 7.11 Å². The highest BCUT2D eigenvalue weighted by Crippen LogP contribution is 2.36. The lowest BCUT2D eigenvalue weighted by Gasteiger charge is -2.32. The number of thioether (sulfide) groups is 1. The van der Waals surface area contributed by atoms with Gasteiger partial charge in [0.1, 0.15) is 0 Å². The molecule has 2 heterocycles. The number of methoxy groups -OCH3 is 1. The van der Waals surface area contributed by atoms with E-state index in [1.54, 1.807) is 18.0 Å². The van der Waals surface area contributed by atoms with Crippen molar-refractivity contribution >= 4 is 30.3 Å². The molecule has 1 aromatic heterocycles. The number of aromatic nitrogens is 1. The molecule has 0 unspecified atom stereocenters. The van der Waals surface area contributed by atoms with Crippen LogP contribution in [0.2, 0.25) is 0 Å². The number of rotatable bonds is 4. The van der Waals surface area contributed by atoms with Gasteiger partial charge in [-0.05, 0) is 39.5 Å². The lowest BCUT2D eigenvalue weighted by atomic mass is 9.80. The predicted molar refractivity (Wildman–Crippen MR) is 87.7 cm³/mol. The first-order valence-corrected chi connectivity index (χ1v) is 8.27. The Kier molecular flexibility index (Phi) is 4.89. The van der Waals surface area contributed by atoms with E-state index in [9.17, 15) is 4.79 Å². The average Bonchev–Trinajstić information content (AvgIpc) is 2.67. The molecule has 1 aliphatic rings. The lowest BCUT2D eigenvalue weighted by molar-refractivity contribution is 0.00578. The molecule has 0 radical (unpaired) electrons. The van der Waals surface area contributed by atoms with Gasteiger partial charge >= 0.3 is 13.1 Å². The summed E-state index contributed by atoms with van der Waals surface area (Å²) in [4.78, 5) is 16.8. The Labute approximate surface area is 136 Å². The second-order valence-corrected chi connectivity index (χ2v) is 7.43. The van der Waals surface area contributed by atoms with Gasteiger partial charge in [0, 0.05) is 16.6 Å². The zero-order valence-corrected chi connectivity index (χ0v) is 14.7. The van der Waals surface area contributed by atoms with Gasteiger partial charge < -0.3 is 14.0 Å². The van der Waals surface area contributed by atoms with Crippen LogP contribution in [0.5, 0.6) is 0 Å². The SMILES string of the molecule is CCSc1cc(B2OC(C)(C)C(C)(C)O2)cnc1C(=O)OC. The van der Waals surface area contributed by atoms with Crippen molar-refractivity contribution in [2.45, 2.75) is 50.7 Å². The van der Waals surface area contributed by atoms with Crippen LogP contribution >= 0.6 is 11.8 Å². The van der Waals surface area contributed by atoms with Crippen LogP contribution in [0, 0.1) is 0 Å². The smallest absolute Gasteiger partial charge is 0.464 e. The summed E-state index contributed by atoms with van der Waals surface area (Å²) in [7, 11) is 0.868. The van der Waals surface area contributed by atoms with Crippen LogP contribution in [-0.4, -0.2) is 42.1 Å². The van der Waals surface area contributed by atoms with Gasteiger partial charge in [-0.25, -0.2) is 9.78 Å². The van der Waals surface area contributed by atoms with Crippen molar-refractivity contribution in [2.75, 3.05) is 12.9 Å². The largest absolute Gasteiger partial charge is 0.496 e. The first-order chi connectivity index (χ1) is 10.2. The zero-order chi connectivity index (χ0) is 16.5. The fourth-order valence-electron chi connectivity index (χ4n) is 2.08. The molecule has 1 fully saturated rings. The van der Waals surface area contributed by atoms with E-state index >= 15 is 0 Å². The van der Waals surface area contributed by atoms with Crippen molar-refractivity contribution in [1.82, 2.24) is 4.98 Å². The molecule has 0 aliphatic carbocycles. The van der Waals surface area contributed by atoms with E-state index in [0.29, 0.717) is 5.69 Å². The summed E-state index contributed by atoms with van der Waals surface area (Å²) in [5.41, 5.74) is 0.324. The molecule has 5 nitrogen and oxygen atoms in total. The Morgan fingerprint density at radius 2 is 1.91 bits per heavy atom. The highest BCUT2D eigenvalue weighted by Gasteiger charge is 2.51. The van der Waals surface area contributed by atoms with E-state index in [-0.39, 0.29) is 0 Å². The zero-order valence-electron chi connectivity index (χ0n) is 13.9. The fourth-order valence-corrected chi connectivity index (χ4v) is 2.89. The number of nitrogens with zero attached hydrogens (tertiary/aromatic N) is 1. The summed E-state index contributed by atoms with van der Waals surface area (Å²) in [6, 6.07) is 1.90. The molecular formula is C15H22BNO4S. The van der Waals surface area contributed by atoms with Gasteiger partial charge in [-0.1, -0.05) is 6.92 Å². The highest BCUT2D eigenvalue weighted by atomic mass is 32.2. The Balaban J connectivity index is 2.34. The number of hydrogen-bond acceptors (Lipinski definition) is 6. The first-order valence-electron chi connectivity index (χ1n) is 7.28. The summed E-state index contributed by atoms with van der Waals surface area (Å²) >= 11 is 1.54. The van der Waals surface area contributed by atoms with Crippen molar-refractivity contribution in [3.8, 4) is 0 Å². The van der Waals surface area contributed by atoms with Crippen LogP contribution in [-0.2, 0) is 14.0 Å². The average molecular weight is 323 g/mol. The molecule has 0 bridgehead atoms. The Hall–Kier alpha value is -1.05. The molecule has 2 rings (SSSR count). The van der Waals surface area contributed by atoms with Gasteiger partial charge in [0.05, 0.1) is 18.3 Å². The molecule has 1 aliphatic heterocycles. The van der Waals surface area contributed by atoms with Gasteiger partial charge in [-0.2, -0.15) is 0 Å². The van der Waals surface area contributed by atoms with E-state index in [0.717, 1.165) is 16.1 Å². The first kappa shape index (κ1) is 17.3. The summed E-state index contributed by atoms with van der Waals surface area (Å²) in [5.74, 6) is 0.398. The van der Waals surface area contributed by atoms with E-state index in [1.807, 2.05) is 40.7 Å². The quantitative estimate of drug-likeness (QED) is 0.481. The number of carbonyl (C=O) groups excluding carboxylic acids is 1. The third-order valence-corrected chi connectivity index (χ3v) is 4.99. The fraction of sp³-hybridized carbons (Fsp3) is 0.600. The molecule has 0 aromatic carbocycles. The topological polar surface area (TPSA) is 57.7 Å². The summed E-state index contributed by atoms with van der Waals surface area (Å²) in [5, 5.41) is 0. The molecule has 1 aromatic rings. The molecule has 0 amide bonds. The monoisotopic (exact) mass is 323 g/mol. The van der Waals surface area contributed by atoms with Crippen LogP contribution in [0.3, 0.4) is 0 Å². The molecular weight excluding hydrogens is 301 g/mol. The minimum absolute atomic E-state index is 0.328.